The third-order valence-corrected chi connectivity index (χ3v) is 8.55. The zero-order chi connectivity index (χ0) is 31.5. The molecule has 13 heteroatoms. The Morgan fingerprint density at radius 1 is 0.909 bits per heavy atom. The lowest BCUT2D eigenvalue weighted by Gasteiger charge is -2.26. The molecule has 1 aliphatic rings. The van der Waals surface area contributed by atoms with Gasteiger partial charge in [0, 0.05) is 25.7 Å². The molecule has 0 unspecified atom stereocenters. The average Bonchev–Trinajstić information content (AvgIpc) is 3.03. The fraction of sp³-hybridized carbons (Fsp3) is 0.290. The predicted molar refractivity (Wildman–Crippen MR) is 166 cm³/mol. The molecule has 0 saturated carbocycles. The van der Waals surface area contributed by atoms with Crippen LogP contribution in [0.25, 0.3) is 0 Å². The molecule has 0 atom stereocenters. The number of amides is 3. The lowest BCUT2D eigenvalue weighted by molar-refractivity contribution is -0.134. The molecule has 4 rings (SSSR count). The van der Waals surface area contributed by atoms with Crippen molar-refractivity contribution >= 4 is 45.3 Å². The molecule has 1 fully saturated rings. The maximum absolute atomic E-state index is 13.6. The first-order chi connectivity index (χ1) is 21.2. The van der Waals surface area contributed by atoms with Gasteiger partial charge in [0.05, 0.1) is 23.9 Å². The van der Waals surface area contributed by atoms with Crippen molar-refractivity contribution in [3.8, 4) is 11.5 Å². The van der Waals surface area contributed by atoms with Crippen LogP contribution >= 0.6 is 0 Å². The lowest BCUT2D eigenvalue weighted by atomic mass is 10.1. The first-order valence-electron chi connectivity index (χ1n) is 14.0. The fourth-order valence-electron chi connectivity index (χ4n) is 4.48. The lowest BCUT2D eigenvalue weighted by Crippen LogP contribution is -2.39. The van der Waals surface area contributed by atoms with Gasteiger partial charge in [0.2, 0.25) is 5.91 Å². The summed E-state index contributed by atoms with van der Waals surface area (Å²) in [6, 6.07) is 18.7. The molecule has 1 heterocycles. The number of hydrogen-bond acceptors (Lipinski definition) is 8. The van der Waals surface area contributed by atoms with Crippen LogP contribution in [0.3, 0.4) is 0 Å². The Morgan fingerprint density at radius 2 is 1.55 bits per heavy atom. The molecule has 1 aliphatic heterocycles. The molecule has 0 aromatic heterocycles. The summed E-state index contributed by atoms with van der Waals surface area (Å²) in [7, 11) is -2.70. The second-order valence-corrected chi connectivity index (χ2v) is 11.9. The van der Waals surface area contributed by atoms with Crippen LogP contribution < -0.4 is 24.5 Å². The summed E-state index contributed by atoms with van der Waals surface area (Å²) >= 11 is 0. The van der Waals surface area contributed by atoms with Crippen molar-refractivity contribution < 1.29 is 32.3 Å². The normalized spacial score (nSPS) is 13.3. The number of carbonyl (C=O) groups excluding carboxylic acids is 3. The minimum atomic E-state index is -4.19. The fourth-order valence-corrected chi connectivity index (χ4v) is 5.90. The Bertz CT molecular complexity index is 1570. The summed E-state index contributed by atoms with van der Waals surface area (Å²) < 4.78 is 39.0. The quantitative estimate of drug-likeness (QED) is 0.233. The predicted octanol–water partition coefficient (Wildman–Crippen LogP) is 3.39. The Morgan fingerprint density at radius 3 is 2.16 bits per heavy atom. The molecule has 1 saturated heterocycles. The summed E-state index contributed by atoms with van der Waals surface area (Å²) in [6.45, 7) is 2.29. The van der Waals surface area contributed by atoms with Crippen molar-refractivity contribution in [1.29, 1.82) is 0 Å². The standard InChI is InChI=1S/C31H35N5O7S/c1-23(37)33-25-8-16-29(17-9-25)44(40,41)36(26-10-14-27(42-2)15-11-26)21-30(38)34-32-20-24-6-12-28(13-7-24)43-22-31(39)35-18-4-3-5-19-35/h6-17,20H,3-5,18-19,21-22H2,1-2H3,(H,33,37)(H,34,38)/b32-20-. The number of carbonyl (C=O) groups is 3. The summed E-state index contributed by atoms with van der Waals surface area (Å²) in [5.74, 6) is 0.0472. The first kappa shape index (κ1) is 32.0. The third-order valence-electron chi connectivity index (χ3n) is 6.76. The molecule has 3 aromatic carbocycles. The van der Waals surface area contributed by atoms with Gasteiger partial charge < -0.3 is 19.7 Å². The van der Waals surface area contributed by atoms with Gasteiger partial charge in [-0.3, -0.25) is 18.7 Å². The summed E-state index contributed by atoms with van der Waals surface area (Å²) in [5.41, 5.74) is 3.70. The van der Waals surface area contributed by atoms with E-state index in [2.05, 4.69) is 15.8 Å². The second kappa shape index (κ2) is 15.0. The summed E-state index contributed by atoms with van der Waals surface area (Å²) in [4.78, 5) is 38.3. The highest BCUT2D eigenvalue weighted by molar-refractivity contribution is 7.92. The molecule has 0 aliphatic carbocycles. The van der Waals surface area contributed by atoms with Crippen LogP contribution in [0.15, 0.2) is 82.8 Å². The van der Waals surface area contributed by atoms with E-state index in [0.29, 0.717) is 22.7 Å². The number of hydrogen-bond donors (Lipinski definition) is 2. The molecular weight excluding hydrogens is 586 g/mol. The number of nitrogens with zero attached hydrogens (tertiary/aromatic N) is 3. The molecule has 232 valence electrons. The number of likely N-dealkylation sites (tertiary alicyclic amines) is 1. The van der Waals surface area contributed by atoms with Crippen LogP contribution in [-0.2, 0) is 24.4 Å². The van der Waals surface area contributed by atoms with Crippen molar-refractivity contribution in [3.63, 3.8) is 0 Å². The van der Waals surface area contributed by atoms with Crippen molar-refractivity contribution in [1.82, 2.24) is 10.3 Å². The maximum Gasteiger partial charge on any atom is 0.264 e. The zero-order valence-electron chi connectivity index (χ0n) is 24.6. The number of hydrazone groups is 1. The van der Waals surface area contributed by atoms with Gasteiger partial charge in [-0.15, -0.1) is 0 Å². The molecule has 0 bridgehead atoms. The van der Waals surface area contributed by atoms with Crippen LogP contribution in [0, 0.1) is 0 Å². The minimum Gasteiger partial charge on any atom is -0.497 e. The van der Waals surface area contributed by atoms with Crippen LogP contribution in [0.1, 0.15) is 31.7 Å². The summed E-state index contributed by atoms with van der Waals surface area (Å²) in [5, 5.41) is 6.56. The second-order valence-electron chi connectivity index (χ2n) is 10.0. The monoisotopic (exact) mass is 621 g/mol. The van der Waals surface area contributed by atoms with Gasteiger partial charge in [0.1, 0.15) is 18.0 Å². The van der Waals surface area contributed by atoms with E-state index in [1.165, 1.54) is 56.6 Å². The highest BCUT2D eigenvalue weighted by Gasteiger charge is 2.27. The molecule has 0 spiro atoms. The van der Waals surface area contributed by atoms with E-state index < -0.39 is 22.5 Å². The molecule has 0 radical (unpaired) electrons. The van der Waals surface area contributed by atoms with Gasteiger partial charge in [-0.25, -0.2) is 13.8 Å². The van der Waals surface area contributed by atoms with E-state index in [0.717, 1.165) is 36.7 Å². The highest BCUT2D eigenvalue weighted by Crippen LogP contribution is 2.26. The molecular formula is C31H35N5O7S. The molecule has 2 N–H and O–H groups in total. The first-order valence-corrected chi connectivity index (χ1v) is 15.5. The minimum absolute atomic E-state index is 0.0312. The molecule has 3 aromatic rings. The van der Waals surface area contributed by atoms with Crippen LogP contribution in [-0.4, -0.2) is 70.6 Å². The average molecular weight is 622 g/mol. The van der Waals surface area contributed by atoms with Crippen LogP contribution in [0.5, 0.6) is 11.5 Å². The number of methoxy groups -OCH3 is 1. The van der Waals surface area contributed by atoms with E-state index >= 15 is 0 Å². The number of nitrogens with one attached hydrogen (secondary N) is 2. The van der Waals surface area contributed by atoms with Crippen LogP contribution in [0.4, 0.5) is 11.4 Å². The van der Waals surface area contributed by atoms with Gasteiger partial charge in [0.25, 0.3) is 21.8 Å². The molecule has 3 amide bonds. The number of sulfonamides is 1. The third kappa shape index (κ3) is 8.80. The number of piperidine rings is 1. The van der Waals surface area contributed by atoms with Crippen molar-refractivity contribution in [2.75, 3.05) is 43.0 Å². The van der Waals surface area contributed by atoms with E-state index in [4.69, 9.17) is 9.47 Å². The van der Waals surface area contributed by atoms with Crippen LogP contribution in [0.2, 0.25) is 0 Å². The Kier molecular flexibility index (Phi) is 10.9. The number of anilines is 2. The largest absolute Gasteiger partial charge is 0.497 e. The Hall–Kier alpha value is -4.91. The number of ether oxygens (including phenoxy) is 2. The van der Waals surface area contributed by atoms with Crippen molar-refractivity contribution in [3.05, 3.63) is 78.4 Å². The zero-order valence-corrected chi connectivity index (χ0v) is 25.4. The summed E-state index contributed by atoms with van der Waals surface area (Å²) in [6.07, 6.45) is 4.58. The highest BCUT2D eigenvalue weighted by atomic mass is 32.2. The smallest absolute Gasteiger partial charge is 0.264 e. The van der Waals surface area contributed by atoms with Gasteiger partial charge in [-0.2, -0.15) is 5.10 Å². The van der Waals surface area contributed by atoms with E-state index in [-0.39, 0.29) is 29.0 Å². The SMILES string of the molecule is COc1ccc(N(CC(=O)N/N=C\c2ccc(OCC(=O)N3CCCCC3)cc2)S(=O)(=O)c2ccc(NC(C)=O)cc2)cc1. The topological polar surface area (TPSA) is 147 Å². The Balaban J connectivity index is 1.39. The van der Waals surface area contributed by atoms with Crippen molar-refractivity contribution in [2.45, 2.75) is 31.1 Å². The number of rotatable bonds is 12. The van der Waals surface area contributed by atoms with E-state index in [1.807, 2.05) is 4.90 Å². The number of benzene rings is 3. The van der Waals surface area contributed by atoms with E-state index in [9.17, 15) is 22.8 Å². The molecule has 44 heavy (non-hydrogen) atoms. The molecule has 12 nitrogen and oxygen atoms in total. The van der Waals surface area contributed by atoms with Gasteiger partial charge in [-0.05, 0) is 97.6 Å². The van der Waals surface area contributed by atoms with E-state index in [1.54, 1.807) is 36.4 Å². The van der Waals surface area contributed by atoms with Crippen molar-refractivity contribution in [2.24, 2.45) is 5.10 Å². The van der Waals surface area contributed by atoms with Gasteiger partial charge in [0.15, 0.2) is 6.61 Å². The maximum atomic E-state index is 13.6. The Labute approximate surface area is 256 Å². The van der Waals surface area contributed by atoms with Gasteiger partial charge >= 0.3 is 0 Å². The van der Waals surface area contributed by atoms with Gasteiger partial charge in [-0.1, -0.05) is 0 Å².